The van der Waals surface area contributed by atoms with Crippen LogP contribution in [0.1, 0.15) is 11.1 Å². The van der Waals surface area contributed by atoms with Crippen molar-refractivity contribution in [3.63, 3.8) is 0 Å². The molecule has 0 fully saturated rings. The predicted molar refractivity (Wildman–Crippen MR) is 51.7 cm³/mol. The van der Waals surface area contributed by atoms with Gasteiger partial charge in [0.1, 0.15) is 0 Å². The van der Waals surface area contributed by atoms with Gasteiger partial charge in [-0.25, -0.2) is 13.6 Å². The van der Waals surface area contributed by atoms with Gasteiger partial charge in [-0.05, 0) is 31.0 Å². The molecule has 0 spiro atoms. The van der Waals surface area contributed by atoms with Gasteiger partial charge in [0.25, 0.3) is 0 Å². The molecular formula is C8H12N2O2S. The second-order valence-corrected chi connectivity index (χ2v) is 4.47. The minimum Gasteiger partial charge on any atom is -0.398 e. The van der Waals surface area contributed by atoms with E-state index >= 15 is 0 Å². The number of hydrogen-bond acceptors (Lipinski definition) is 3. The zero-order valence-corrected chi connectivity index (χ0v) is 8.35. The van der Waals surface area contributed by atoms with Gasteiger partial charge in [-0.2, -0.15) is 0 Å². The van der Waals surface area contributed by atoms with Crippen LogP contribution >= 0.6 is 0 Å². The summed E-state index contributed by atoms with van der Waals surface area (Å²) in [5.74, 6) is 0. The summed E-state index contributed by atoms with van der Waals surface area (Å²) in [6, 6.07) is 3.31. The molecule has 72 valence electrons. The van der Waals surface area contributed by atoms with Gasteiger partial charge in [0.05, 0.1) is 4.90 Å². The Kier molecular flexibility index (Phi) is 2.32. The van der Waals surface area contributed by atoms with Crippen molar-refractivity contribution in [1.29, 1.82) is 0 Å². The molecule has 4 N–H and O–H groups in total. The quantitative estimate of drug-likeness (QED) is 0.648. The average Bonchev–Trinajstić information content (AvgIpc) is 1.95. The first-order valence-electron chi connectivity index (χ1n) is 3.72. The van der Waals surface area contributed by atoms with Crippen molar-refractivity contribution >= 4 is 15.7 Å². The summed E-state index contributed by atoms with van der Waals surface area (Å²) in [5.41, 5.74) is 7.14. The SMILES string of the molecule is Cc1ccc(N)c(C)c1S(N)(=O)=O. The van der Waals surface area contributed by atoms with Crippen LogP contribution in [-0.4, -0.2) is 8.42 Å². The maximum Gasteiger partial charge on any atom is 0.238 e. The minimum absolute atomic E-state index is 0.132. The number of sulfonamides is 1. The summed E-state index contributed by atoms with van der Waals surface area (Å²) in [5, 5.41) is 5.04. The predicted octanol–water partition coefficient (Wildman–Crippen LogP) is 0.533. The Labute approximate surface area is 77.6 Å². The zero-order chi connectivity index (χ0) is 10.2. The minimum atomic E-state index is -3.67. The van der Waals surface area contributed by atoms with Gasteiger partial charge < -0.3 is 5.73 Å². The maximum atomic E-state index is 11.1. The number of rotatable bonds is 1. The zero-order valence-electron chi connectivity index (χ0n) is 7.53. The molecule has 0 bridgehead atoms. The molecule has 0 radical (unpaired) electrons. The Bertz CT molecular complexity index is 438. The largest absolute Gasteiger partial charge is 0.398 e. The topological polar surface area (TPSA) is 86.2 Å². The summed E-state index contributed by atoms with van der Waals surface area (Å²) in [7, 11) is -3.67. The van der Waals surface area contributed by atoms with Gasteiger partial charge in [-0.1, -0.05) is 6.07 Å². The Morgan fingerprint density at radius 1 is 1.23 bits per heavy atom. The smallest absolute Gasteiger partial charge is 0.238 e. The standard InChI is InChI=1S/C8H12N2O2S/c1-5-3-4-7(9)6(2)8(5)13(10,11)12/h3-4H,9H2,1-2H3,(H2,10,11,12). The van der Waals surface area contributed by atoms with Crippen LogP contribution in [0.15, 0.2) is 17.0 Å². The fraction of sp³-hybridized carbons (Fsp3) is 0.250. The van der Waals surface area contributed by atoms with Crippen LogP contribution in [0.5, 0.6) is 0 Å². The Balaban J connectivity index is 3.62. The molecule has 1 rings (SSSR count). The monoisotopic (exact) mass is 200 g/mol. The first-order valence-corrected chi connectivity index (χ1v) is 5.27. The molecule has 1 aromatic carbocycles. The molecule has 0 unspecified atom stereocenters. The lowest BCUT2D eigenvalue weighted by atomic mass is 10.1. The van der Waals surface area contributed by atoms with Crippen LogP contribution in [-0.2, 0) is 10.0 Å². The molecule has 0 aliphatic carbocycles. The van der Waals surface area contributed by atoms with Crippen molar-refractivity contribution in [2.75, 3.05) is 5.73 Å². The van der Waals surface area contributed by atoms with Gasteiger partial charge in [0.15, 0.2) is 0 Å². The number of nitrogen functional groups attached to an aromatic ring is 1. The van der Waals surface area contributed by atoms with Gasteiger partial charge >= 0.3 is 0 Å². The van der Waals surface area contributed by atoms with Crippen LogP contribution < -0.4 is 10.9 Å². The lowest BCUT2D eigenvalue weighted by Gasteiger charge is -2.09. The molecule has 0 saturated carbocycles. The summed E-state index contributed by atoms with van der Waals surface area (Å²) < 4.78 is 22.3. The summed E-state index contributed by atoms with van der Waals surface area (Å²) in [6.07, 6.45) is 0. The van der Waals surface area contributed by atoms with E-state index in [9.17, 15) is 8.42 Å². The van der Waals surface area contributed by atoms with Crippen LogP contribution in [0, 0.1) is 13.8 Å². The molecule has 0 atom stereocenters. The molecule has 0 aromatic heterocycles. The normalized spacial score (nSPS) is 11.6. The third-order valence-corrected chi connectivity index (χ3v) is 3.13. The van der Waals surface area contributed by atoms with E-state index in [2.05, 4.69) is 0 Å². The highest BCUT2D eigenvalue weighted by Crippen LogP contribution is 2.23. The fourth-order valence-corrected chi connectivity index (χ4v) is 2.34. The Hall–Kier alpha value is -1.07. The van der Waals surface area contributed by atoms with Gasteiger partial charge in [-0.3, -0.25) is 0 Å². The Morgan fingerprint density at radius 2 is 1.77 bits per heavy atom. The average molecular weight is 200 g/mol. The van der Waals surface area contributed by atoms with Crippen LogP contribution in [0.4, 0.5) is 5.69 Å². The van der Waals surface area contributed by atoms with Gasteiger partial charge in [0, 0.05) is 5.69 Å². The van der Waals surface area contributed by atoms with E-state index in [1.54, 1.807) is 26.0 Å². The molecular weight excluding hydrogens is 188 g/mol. The van der Waals surface area contributed by atoms with Crippen LogP contribution in [0.3, 0.4) is 0 Å². The van der Waals surface area contributed by atoms with Gasteiger partial charge in [-0.15, -0.1) is 0 Å². The molecule has 0 heterocycles. The lowest BCUT2D eigenvalue weighted by molar-refractivity contribution is 0.596. The third-order valence-electron chi connectivity index (χ3n) is 1.93. The van der Waals surface area contributed by atoms with E-state index < -0.39 is 10.0 Å². The summed E-state index contributed by atoms with van der Waals surface area (Å²) in [6.45, 7) is 3.33. The van der Waals surface area contributed by atoms with Crippen molar-refractivity contribution in [1.82, 2.24) is 0 Å². The van der Waals surface area contributed by atoms with Crippen molar-refractivity contribution in [3.8, 4) is 0 Å². The first-order chi connectivity index (χ1) is 5.84. The lowest BCUT2D eigenvalue weighted by Crippen LogP contribution is -2.16. The highest BCUT2D eigenvalue weighted by Gasteiger charge is 2.15. The second-order valence-electron chi connectivity index (χ2n) is 2.97. The number of nitrogens with two attached hydrogens (primary N) is 2. The maximum absolute atomic E-state index is 11.1. The summed E-state index contributed by atoms with van der Waals surface area (Å²) in [4.78, 5) is 0.132. The molecule has 0 saturated heterocycles. The van der Waals surface area contributed by atoms with E-state index in [4.69, 9.17) is 10.9 Å². The van der Waals surface area contributed by atoms with Crippen LogP contribution in [0.25, 0.3) is 0 Å². The molecule has 1 aromatic rings. The van der Waals surface area contributed by atoms with E-state index in [1.165, 1.54) is 0 Å². The van der Waals surface area contributed by atoms with Crippen molar-refractivity contribution < 1.29 is 8.42 Å². The molecule has 0 aliphatic rings. The van der Waals surface area contributed by atoms with E-state index in [-0.39, 0.29) is 4.90 Å². The van der Waals surface area contributed by atoms with E-state index in [0.29, 0.717) is 16.8 Å². The van der Waals surface area contributed by atoms with Crippen LogP contribution in [0.2, 0.25) is 0 Å². The molecule has 5 heteroatoms. The summed E-state index contributed by atoms with van der Waals surface area (Å²) >= 11 is 0. The Morgan fingerprint density at radius 3 is 2.15 bits per heavy atom. The number of primary sulfonamides is 1. The van der Waals surface area contributed by atoms with Crippen molar-refractivity contribution in [3.05, 3.63) is 23.3 Å². The number of hydrogen-bond donors (Lipinski definition) is 2. The number of aryl methyl sites for hydroxylation is 1. The number of anilines is 1. The first kappa shape index (κ1) is 10.0. The fourth-order valence-electron chi connectivity index (χ4n) is 1.28. The highest BCUT2D eigenvalue weighted by atomic mass is 32.2. The van der Waals surface area contributed by atoms with E-state index in [1.807, 2.05) is 0 Å². The number of benzene rings is 1. The third kappa shape index (κ3) is 1.81. The molecule has 0 amide bonds. The molecule has 4 nitrogen and oxygen atoms in total. The van der Waals surface area contributed by atoms with Gasteiger partial charge in [0.2, 0.25) is 10.0 Å². The molecule has 13 heavy (non-hydrogen) atoms. The highest BCUT2D eigenvalue weighted by molar-refractivity contribution is 7.89. The second kappa shape index (κ2) is 3.01. The van der Waals surface area contributed by atoms with E-state index in [0.717, 1.165) is 0 Å². The molecule has 0 aliphatic heterocycles. The van der Waals surface area contributed by atoms with Crippen molar-refractivity contribution in [2.45, 2.75) is 18.7 Å². The van der Waals surface area contributed by atoms with Crippen molar-refractivity contribution in [2.24, 2.45) is 5.14 Å².